The largest absolute Gasteiger partial charge is 2.00 e. The van der Waals surface area contributed by atoms with Gasteiger partial charge >= 0.3 is 17.1 Å². The third-order valence-electron chi connectivity index (χ3n) is 7.43. The average Bonchev–Trinajstić information content (AvgIpc) is 2.95. The standard InChI is InChI=1S/2C18H34O3.Mn/c2*1-2-3-4-11-14-17(19)15-12-9-7-5-6-8-10-13-16-18(20)21;/h2*9,12,17,19H,2-8,10-11,13-16H2,1H3,(H,20,21);/q;;+2/p-2/b2*12-9-;/t2*17-;/m11./s1. The van der Waals surface area contributed by atoms with E-state index in [0.717, 1.165) is 116 Å². The van der Waals surface area contributed by atoms with Gasteiger partial charge in [0.25, 0.3) is 0 Å². The van der Waals surface area contributed by atoms with Crippen molar-refractivity contribution in [2.75, 3.05) is 0 Å². The van der Waals surface area contributed by atoms with Crippen LogP contribution in [0.4, 0.5) is 0 Å². The molecule has 0 bridgehead atoms. The van der Waals surface area contributed by atoms with Gasteiger partial charge in [0, 0.05) is 11.9 Å². The molecule has 1 radical (unpaired) electrons. The summed E-state index contributed by atoms with van der Waals surface area (Å²) in [6.07, 6.45) is 34.0. The van der Waals surface area contributed by atoms with Crippen molar-refractivity contribution in [2.45, 2.75) is 193 Å². The van der Waals surface area contributed by atoms with Crippen LogP contribution in [0.5, 0.6) is 0 Å². The Hall–Kier alpha value is -1.14. The maximum atomic E-state index is 10.2. The van der Waals surface area contributed by atoms with Gasteiger partial charge in [-0.1, -0.05) is 128 Å². The van der Waals surface area contributed by atoms with Crippen LogP contribution >= 0.6 is 0 Å². The number of aliphatic hydroxyl groups excluding tert-OH is 2. The van der Waals surface area contributed by atoms with Crippen molar-refractivity contribution in [2.24, 2.45) is 0 Å². The molecule has 0 amide bonds. The fraction of sp³-hybridized carbons (Fsp3) is 0.833. The Morgan fingerprint density at radius 3 is 1.19 bits per heavy atom. The van der Waals surface area contributed by atoms with E-state index in [1.807, 2.05) is 0 Å². The summed E-state index contributed by atoms with van der Waals surface area (Å²) in [7, 11) is 0. The molecule has 2 N–H and O–H groups in total. The summed E-state index contributed by atoms with van der Waals surface area (Å²) in [5, 5.41) is 40.0. The van der Waals surface area contributed by atoms with E-state index in [1.165, 1.54) is 38.5 Å². The van der Waals surface area contributed by atoms with Gasteiger partial charge in [0.1, 0.15) is 0 Å². The topological polar surface area (TPSA) is 121 Å². The molecule has 0 rings (SSSR count). The number of unbranched alkanes of at least 4 members (excludes halogenated alkanes) is 16. The van der Waals surface area contributed by atoms with Crippen LogP contribution in [-0.2, 0) is 26.7 Å². The number of rotatable bonds is 30. The van der Waals surface area contributed by atoms with Gasteiger partial charge in [0.05, 0.1) is 12.2 Å². The van der Waals surface area contributed by atoms with E-state index in [4.69, 9.17) is 0 Å². The molecule has 253 valence electrons. The van der Waals surface area contributed by atoms with Gasteiger partial charge in [-0.2, -0.15) is 0 Å². The molecule has 7 heteroatoms. The molecule has 0 fully saturated rings. The van der Waals surface area contributed by atoms with E-state index in [0.29, 0.717) is 0 Å². The molecule has 0 aliphatic carbocycles. The third-order valence-corrected chi connectivity index (χ3v) is 7.43. The van der Waals surface area contributed by atoms with Crippen LogP contribution in [-0.4, -0.2) is 34.4 Å². The van der Waals surface area contributed by atoms with Crippen LogP contribution in [0.25, 0.3) is 0 Å². The molecule has 0 saturated heterocycles. The number of aliphatic hydroxyl groups is 2. The summed E-state index contributed by atoms with van der Waals surface area (Å²) in [5.74, 6) is -1.88. The summed E-state index contributed by atoms with van der Waals surface area (Å²) in [6, 6.07) is 0. The minimum Gasteiger partial charge on any atom is -0.550 e. The zero-order valence-corrected chi connectivity index (χ0v) is 28.9. The molecule has 2 atom stereocenters. The first-order chi connectivity index (χ1) is 20.3. The monoisotopic (exact) mass is 649 g/mol. The summed E-state index contributed by atoms with van der Waals surface area (Å²) in [5.41, 5.74) is 0. The quantitative estimate of drug-likeness (QED) is 0.0473. The fourth-order valence-electron chi connectivity index (χ4n) is 4.72. The van der Waals surface area contributed by atoms with Gasteiger partial charge < -0.3 is 30.0 Å². The second-order valence-electron chi connectivity index (χ2n) is 11.8. The fourth-order valence-corrected chi connectivity index (χ4v) is 4.72. The van der Waals surface area contributed by atoms with Crippen molar-refractivity contribution in [1.29, 1.82) is 0 Å². The van der Waals surface area contributed by atoms with Crippen molar-refractivity contribution < 1.29 is 47.1 Å². The van der Waals surface area contributed by atoms with E-state index in [9.17, 15) is 30.0 Å². The Morgan fingerprint density at radius 2 is 0.837 bits per heavy atom. The Labute approximate surface area is 275 Å². The van der Waals surface area contributed by atoms with Gasteiger partial charge in [-0.15, -0.1) is 0 Å². The summed E-state index contributed by atoms with van der Waals surface area (Å²) < 4.78 is 0. The molecule has 0 aromatic carbocycles. The number of hydrogen-bond donors (Lipinski definition) is 2. The molecular formula is C36H66MnO6. The Morgan fingerprint density at radius 1 is 0.512 bits per heavy atom. The van der Waals surface area contributed by atoms with Crippen molar-refractivity contribution in [3.05, 3.63) is 24.3 Å². The predicted molar refractivity (Wildman–Crippen MR) is 172 cm³/mol. The van der Waals surface area contributed by atoms with E-state index in [2.05, 4.69) is 38.2 Å². The summed E-state index contributed by atoms with van der Waals surface area (Å²) in [4.78, 5) is 20.4. The molecule has 0 aliphatic rings. The summed E-state index contributed by atoms with van der Waals surface area (Å²) >= 11 is 0. The second kappa shape index (κ2) is 38.9. The van der Waals surface area contributed by atoms with Crippen LogP contribution in [0, 0.1) is 0 Å². The van der Waals surface area contributed by atoms with Gasteiger partial charge in [-0.05, 0) is 77.0 Å². The van der Waals surface area contributed by atoms with Crippen molar-refractivity contribution in [1.82, 2.24) is 0 Å². The number of allylic oxidation sites excluding steroid dienone is 2. The maximum absolute atomic E-state index is 10.2. The van der Waals surface area contributed by atoms with E-state index >= 15 is 0 Å². The van der Waals surface area contributed by atoms with Crippen LogP contribution in [0.2, 0.25) is 0 Å². The van der Waals surface area contributed by atoms with E-state index in [-0.39, 0.29) is 42.1 Å². The smallest absolute Gasteiger partial charge is 0.550 e. The van der Waals surface area contributed by atoms with Crippen LogP contribution in [0.1, 0.15) is 181 Å². The van der Waals surface area contributed by atoms with Gasteiger partial charge in [0.15, 0.2) is 0 Å². The van der Waals surface area contributed by atoms with Gasteiger partial charge in [0.2, 0.25) is 0 Å². The molecule has 0 spiro atoms. The Bertz CT molecular complexity index is 583. The average molecular weight is 650 g/mol. The van der Waals surface area contributed by atoms with Gasteiger partial charge in [-0.25, -0.2) is 0 Å². The minimum atomic E-state index is -0.939. The van der Waals surface area contributed by atoms with E-state index in [1.54, 1.807) is 0 Å². The summed E-state index contributed by atoms with van der Waals surface area (Å²) in [6.45, 7) is 4.39. The zero-order valence-electron chi connectivity index (χ0n) is 27.8. The minimum absolute atomic E-state index is 0. The molecule has 0 aromatic rings. The second-order valence-corrected chi connectivity index (χ2v) is 11.8. The molecule has 6 nitrogen and oxygen atoms in total. The molecule has 0 heterocycles. The predicted octanol–water partition coefficient (Wildman–Crippen LogP) is 7.49. The molecule has 0 aliphatic heterocycles. The van der Waals surface area contributed by atoms with Gasteiger partial charge in [-0.3, -0.25) is 0 Å². The number of carboxylic acids is 2. The molecule has 0 unspecified atom stereocenters. The number of hydrogen-bond acceptors (Lipinski definition) is 6. The molecule has 0 aromatic heterocycles. The number of carbonyl (C=O) groups excluding carboxylic acids is 2. The van der Waals surface area contributed by atoms with E-state index < -0.39 is 11.9 Å². The van der Waals surface area contributed by atoms with Crippen LogP contribution < -0.4 is 10.2 Å². The SMILES string of the molecule is CCCCCC[C@@H](O)C/C=C\CCCCCCCC(=O)[O-].CCCCCC[C@@H](O)C/C=C\CCCCCCCC(=O)[O-].[Mn+2]. The van der Waals surface area contributed by atoms with Crippen LogP contribution in [0.3, 0.4) is 0 Å². The van der Waals surface area contributed by atoms with Crippen molar-refractivity contribution in [3.8, 4) is 0 Å². The maximum Gasteiger partial charge on any atom is 2.00 e. The number of carboxylic acid groups (broad SMARTS) is 2. The number of aliphatic carboxylic acids is 2. The zero-order chi connectivity index (χ0) is 31.5. The first-order valence-corrected chi connectivity index (χ1v) is 17.4. The molecular weight excluding hydrogens is 583 g/mol. The Kier molecular flexibility index (Phi) is 41.8. The molecule has 43 heavy (non-hydrogen) atoms. The third kappa shape index (κ3) is 45.4. The molecule has 0 saturated carbocycles. The van der Waals surface area contributed by atoms with Crippen molar-refractivity contribution in [3.63, 3.8) is 0 Å². The number of carbonyl (C=O) groups is 2. The first-order valence-electron chi connectivity index (χ1n) is 17.4. The normalized spacial score (nSPS) is 12.6. The van der Waals surface area contributed by atoms with Crippen molar-refractivity contribution >= 4 is 11.9 Å². The first kappa shape index (κ1) is 46.3. The Balaban J connectivity index is -0.000000727. The van der Waals surface area contributed by atoms with Crippen LogP contribution in [0.15, 0.2) is 24.3 Å².